The highest BCUT2D eigenvalue weighted by atomic mass is 35.5. The molecule has 1 N–H and O–H groups in total. The topological polar surface area (TPSA) is 41.0 Å². The molecule has 2 heterocycles. The van der Waals surface area contributed by atoms with E-state index < -0.39 is 0 Å². The number of halogens is 2. The predicted molar refractivity (Wildman–Crippen MR) is 105 cm³/mol. The predicted octanol–water partition coefficient (Wildman–Crippen LogP) is 5.03. The fourth-order valence-corrected chi connectivity index (χ4v) is 3.39. The van der Waals surface area contributed by atoms with Gasteiger partial charge in [-0.3, -0.25) is 0 Å². The molecule has 0 amide bonds. The van der Waals surface area contributed by atoms with Gasteiger partial charge in [-0.2, -0.15) is 0 Å². The van der Waals surface area contributed by atoms with Crippen LogP contribution >= 0.6 is 34.5 Å². The molecule has 0 aliphatic heterocycles. The van der Waals surface area contributed by atoms with E-state index in [-0.39, 0.29) is 0 Å². The third-order valence-corrected chi connectivity index (χ3v) is 5.13. The van der Waals surface area contributed by atoms with Crippen molar-refractivity contribution >= 4 is 51.4 Å². The van der Waals surface area contributed by atoms with Gasteiger partial charge in [0.15, 0.2) is 5.82 Å². The Morgan fingerprint density at radius 2 is 1.83 bits per heavy atom. The van der Waals surface area contributed by atoms with Crippen molar-refractivity contribution in [1.29, 1.82) is 0 Å². The molecule has 0 saturated carbocycles. The van der Waals surface area contributed by atoms with Crippen molar-refractivity contribution in [2.45, 2.75) is 6.42 Å². The monoisotopic (exact) mass is 380 g/mol. The van der Waals surface area contributed by atoms with Crippen LogP contribution in [0.1, 0.15) is 6.42 Å². The number of nitrogens with one attached hydrogen (secondary N) is 1. The van der Waals surface area contributed by atoms with Crippen LogP contribution in [0.15, 0.2) is 29.6 Å². The zero-order chi connectivity index (χ0) is 17.1. The Morgan fingerprint density at radius 3 is 2.46 bits per heavy atom. The van der Waals surface area contributed by atoms with Gasteiger partial charge in [-0.05, 0) is 50.6 Å². The van der Waals surface area contributed by atoms with Crippen LogP contribution in [0.25, 0.3) is 21.6 Å². The van der Waals surface area contributed by atoms with E-state index in [1.54, 1.807) is 23.5 Å². The summed E-state index contributed by atoms with van der Waals surface area (Å²) >= 11 is 13.9. The second kappa shape index (κ2) is 7.66. The Labute approximate surface area is 155 Å². The van der Waals surface area contributed by atoms with Crippen molar-refractivity contribution in [3.05, 3.63) is 39.7 Å². The zero-order valence-corrected chi connectivity index (χ0v) is 15.8. The molecular weight excluding hydrogens is 363 g/mol. The quantitative estimate of drug-likeness (QED) is 0.608. The van der Waals surface area contributed by atoms with Crippen molar-refractivity contribution in [3.8, 4) is 10.6 Å². The number of rotatable bonds is 6. The maximum absolute atomic E-state index is 6.12. The third-order valence-electron chi connectivity index (χ3n) is 3.54. The van der Waals surface area contributed by atoms with Gasteiger partial charge in [-0.1, -0.05) is 29.3 Å². The van der Waals surface area contributed by atoms with E-state index in [4.69, 9.17) is 33.2 Å². The summed E-state index contributed by atoms with van der Waals surface area (Å²) < 4.78 is 0. The smallest absolute Gasteiger partial charge is 0.154 e. The fraction of sp³-hybridized carbons (Fsp3) is 0.294. The number of anilines is 1. The van der Waals surface area contributed by atoms with Crippen molar-refractivity contribution in [2.75, 3.05) is 32.5 Å². The zero-order valence-electron chi connectivity index (χ0n) is 13.5. The van der Waals surface area contributed by atoms with Gasteiger partial charge < -0.3 is 10.2 Å². The van der Waals surface area contributed by atoms with Crippen molar-refractivity contribution < 1.29 is 0 Å². The molecule has 126 valence electrons. The number of aromatic nitrogens is 2. The number of nitrogens with zero attached hydrogens (tertiary/aromatic N) is 3. The summed E-state index contributed by atoms with van der Waals surface area (Å²) in [6.45, 7) is 1.85. The number of hydrogen-bond donors (Lipinski definition) is 1. The highest BCUT2D eigenvalue weighted by molar-refractivity contribution is 7.13. The second-order valence-corrected chi connectivity index (χ2v) is 7.50. The molecule has 0 spiro atoms. The highest BCUT2D eigenvalue weighted by Gasteiger charge is 2.13. The molecule has 0 unspecified atom stereocenters. The Kier molecular flexibility index (Phi) is 5.56. The second-order valence-electron chi connectivity index (χ2n) is 5.74. The first kappa shape index (κ1) is 17.4. The summed E-state index contributed by atoms with van der Waals surface area (Å²) in [4.78, 5) is 12.7. The molecule has 0 atom stereocenters. The van der Waals surface area contributed by atoms with E-state index in [0.717, 1.165) is 46.9 Å². The van der Waals surface area contributed by atoms with Crippen LogP contribution in [0.3, 0.4) is 0 Å². The molecule has 0 saturated heterocycles. The minimum Gasteiger partial charge on any atom is -0.368 e. The molecule has 0 aliphatic carbocycles. The molecule has 7 heteroatoms. The lowest BCUT2D eigenvalue weighted by Gasteiger charge is -2.13. The van der Waals surface area contributed by atoms with Crippen molar-refractivity contribution in [3.63, 3.8) is 0 Å². The van der Waals surface area contributed by atoms with Crippen molar-refractivity contribution in [1.82, 2.24) is 14.9 Å². The molecule has 4 nitrogen and oxygen atoms in total. The van der Waals surface area contributed by atoms with Gasteiger partial charge in [0.1, 0.15) is 5.69 Å². The summed E-state index contributed by atoms with van der Waals surface area (Å²) in [5.41, 5.74) is 2.33. The fourth-order valence-electron chi connectivity index (χ4n) is 2.36. The molecule has 3 aromatic rings. The number of thiophene rings is 1. The van der Waals surface area contributed by atoms with Crippen molar-refractivity contribution in [2.24, 2.45) is 0 Å². The third kappa shape index (κ3) is 3.98. The Bertz CT molecular complexity index is 834. The summed E-state index contributed by atoms with van der Waals surface area (Å²) in [6, 6.07) is 7.58. The van der Waals surface area contributed by atoms with Gasteiger partial charge >= 0.3 is 0 Å². The molecule has 0 bridgehead atoms. The molecule has 0 fully saturated rings. The SMILES string of the molecule is CN(C)CCCNc1nc2cc(Cl)c(Cl)cc2nc1-c1cccs1. The van der Waals surface area contributed by atoms with Crippen LogP contribution < -0.4 is 5.32 Å². The van der Waals surface area contributed by atoms with Crippen LogP contribution in [0, 0.1) is 0 Å². The van der Waals surface area contributed by atoms with E-state index in [0.29, 0.717) is 10.0 Å². The maximum Gasteiger partial charge on any atom is 0.154 e. The average molecular weight is 381 g/mol. The molecular formula is C17H18Cl2N4S. The number of benzene rings is 1. The average Bonchev–Trinajstić information content (AvgIpc) is 3.06. The first-order chi connectivity index (χ1) is 11.5. The molecule has 0 aliphatic rings. The van der Waals surface area contributed by atoms with Crippen LogP contribution in [-0.2, 0) is 0 Å². The number of fused-ring (bicyclic) bond motifs is 1. The number of hydrogen-bond acceptors (Lipinski definition) is 5. The lowest BCUT2D eigenvalue weighted by atomic mass is 10.2. The van der Waals surface area contributed by atoms with Crippen LogP contribution in [-0.4, -0.2) is 42.1 Å². The van der Waals surface area contributed by atoms with E-state index in [1.807, 2.05) is 17.5 Å². The molecule has 0 radical (unpaired) electrons. The van der Waals surface area contributed by atoms with Crippen LogP contribution in [0.5, 0.6) is 0 Å². The normalized spacial score (nSPS) is 11.4. The lowest BCUT2D eigenvalue weighted by molar-refractivity contribution is 0.405. The Hall–Kier alpha value is -1.40. The molecule has 2 aromatic heterocycles. The summed E-state index contributed by atoms with van der Waals surface area (Å²) in [5, 5.41) is 6.42. The van der Waals surface area contributed by atoms with Gasteiger partial charge in [0.2, 0.25) is 0 Å². The maximum atomic E-state index is 6.12. The Balaban J connectivity index is 1.97. The van der Waals surface area contributed by atoms with Gasteiger partial charge in [0, 0.05) is 6.54 Å². The van der Waals surface area contributed by atoms with Gasteiger partial charge in [-0.15, -0.1) is 11.3 Å². The van der Waals surface area contributed by atoms with E-state index in [2.05, 4.69) is 24.3 Å². The van der Waals surface area contributed by atoms with Crippen LogP contribution in [0.4, 0.5) is 5.82 Å². The minimum atomic E-state index is 0.487. The first-order valence-corrected chi connectivity index (χ1v) is 9.27. The Morgan fingerprint density at radius 1 is 1.12 bits per heavy atom. The summed E-state index contributed by atoms with van der Waals surface area (Å²) in [6.07, 6.45) is 1.03. The summed E-state index contributed by atoms with van der Waals surface area (Å²) in [7, 11) is 4.14. The molecule has 1 aromatic carbocycles. The highest BCUT2D eigenvalue weighted by Crippen LogP contribution is 2.33. The van der Waals surface area contributed by atoms with E-state index in [1.165, 1.54) is 0 Å². The molecule has 24 heavy (non-hydrogen) atoms. The minimum absolute atomic E-state index is 0.487. The van der Waals surface area contributed by atoms with Gasteiger partial charge in [0.25, 0.3) is 0 Å². The lowest BCUT2D eigenvalue weighted by Crippen LogP contribution is -2.17. The van der Waals surface area contributed by atoms with E-state index >= 15 is 0 Å². The first-order valence-electron chi connectivity index (χ1n) is 7.64. The molecule has 3 rings (SSSR count). The van der Waals surface area contributed by atoms with Crippen LogP contribution in [0.2, 0.25) is 10.0 Å². The van der Waals surface area contributed by atoms with Gasteiger partial charge in [-0.25, -0.2) is 9.97 Å². The van der Waals surface area contributed by atoms with E-state index in [9.17, 15) is 0 Å². The summed E-state index contributed by atoms with van der Waals surface area (Å²) in [5.74, 6) is 0.780. The standard InChI is InChI=1S/C17H18Cl2N4S/c1-23(2)7-4-6-20-17-16(15-5-3-8-24-15)21-13-9-11(18)12(19)10-14(13)22-17/h3,5,8-10H,4,6-7H2,1-2H3,(H,20,22). The largest absolute Gasteiger partial charge is 0.368 e. The van der Waals surface area contributed by atoms with Gasteiger partial charge in [0.05, 0.1) is 26.0 Å².